The summed E-state index contributed by atoms with van der Waals surface area (Å²) in [6.07, 6.45) is 3.81. The van der Waals surface area contributed by atoms with Crippen LogP contribution in [-0.2, 0) is 11.2 Å². The fraction of sp³-hybridized carbons (Fsp3) is 0.562. The molecule has 1 fully saturated rings. The van der Waals surface area contributed by atoms with E-state index in [1.165, 1.54) is 6.42 Å². The van der Waals surface area contributed by atoms with Crippen LogP contribution < -0.4 is 5.32 Å². The average molecular weight is 366 g/mol. The molecule has 0 spiro atoms. The van der Waals surface area contributed by atoms with Crippen molar-refractivity contribution in [2.75, 3.05) is 26.7 Å². The molecule has 0 atom stereocenters. The van der Waals surface area contributed by atoms with Crippen molar-refractivity contribution in [3.05, 3.63) is 33.8 Å². The van der Waals surface area contributed by atoms with Crippen LogP contribution >= 0.6 is 35.6 Å². The molecule has 0 aliphatic carbocycles. The number of likely N-dealkylation sites (tertiary alicyclic amines) is 1. The van der Waals surface area contributed by atoms with Crippen molar-refractivity contribution in [2.24, 2.45) is 5.92 Å². The van der Waals surface area contributed by atoms with E-state index in [0.717, 1.165) is 44.0 Å². The second-order valence-electron chi connectivity index (χ2n) is 5.64. The van der Waals surface area contributed by atoms with Crippen LogP contribution in [0, 0.1) is 5.92 Å². The third kappa shape index (κ3) is 5.62. The van der Waals surface area contributed by atoms with Crippen LogP contribution in [0.25, 0.3) is 0 Å². The lowest BCUT2D eigenvalue weighted by atomic mass is 9.93. The molecule has 0 unspecified atom stereocenters. The zero-order valence-corrected chi connectivity index (χ0v) is 15.1. The molecule has 124 valence electrons. The van der Waals surface area contributed by atoms with Crippen LogP contribution in [0.15, 0.2) is 18.2 Å². The number of hydrogen-bond donors (Lipinski definition) is 1. The van der Waals surface area contributed by atoms with E-state index >= 15 is 0 Å². The van der Waals surface area contributed by atoms with Gasteiger partial charge in [0.15, 0.2) is 0 Å². The fourth-order valence-electron chi connectivity index (χ4n) is 2.76. The second-order valence-corrected chi connectivity index (χ2v) is 6.46. The maximum Gasteiger partial charge on any atom is 0.226 e. The van der Waals surface area contributed by atoms with Gasteiger partial charge in [0.2, 0.25) is 5.91 Å². The molecule has 3 nitrogen and oxygen atoms in total. The Bertz CT molecular complexity index is 488. The van der Waals surface area contributed by atoms with E-state index in [9.17, 15) is 4.79 Å². The van der Waals surface area contributed by atoms with Crippen LogP contribution in [0.5, 0.6) is 0 Å². The Balaban J connectivity index is 0.00000242. The minimum absolute atomic E-state index is 0. The maximum absolute atomic E-state index is 12.3. The Morgan fingerprint density at radius 3 is 2.55 bits per heavy atom. The average Bonchev–Trinajstić information content (AvgIpc) is 2.49. The maximum atomic E-state index is 12.3. The first-order valence-corrected chi connectivity index (χ1v) is 8.22. The van der Waals surface area contributed by atoms with Crippen LogP contribution in [0.3, 0.4) is 0 Å². The number of halogens is 3. The van der Waals surface area contributed by atoms with Crippen molar-refractivity contribution in [3.63, 3.8) is 0 Å². The second kappa shape index (κ2) is 9.61. The van der Waals surface area contributed by atoms with Gasteiger partial charge in [0.25, 0.3) is 0 Å². The van der Waals surface area contributed by atoms with Gasteiger partial charge in [-0.1, -0.05) is 29.3 Å². The highest BCUT2D eigenvalue weighted by atomic mass is 35.5. The van der Waals surface area contributed by atoms with Crippen molar-refractivity contribution in [1.29, 1.82) is 0 Å². The van der Waals surface area contributed by atoms with Crippen molar-refractivity contribution in [3.8, 4) is 0 Å². The molecule has 22 heavy (non-hydrogen) atoms. The molecule has 2 rings (SSSR count). The Labute approximate surface area is 148 Å². The number of piperidine rings is 1. The van der Waals surface area contributed by atoms with Crippen molar-refractivity contribution < 1.29 is 4.79 Å². The Morgan fingerprint density at radius 1 is 1.27 bits per heavy atom. The summed E-state index contributed by atoms with van der Waals surface area (Å²) >= 11 is 11.9. The lowest BCUT2D eigenvalue weighted by Crippen LogP contribution is -2.39. The Hall–Kier alpha value is -0.480. The zero-order chi connectivity index (χ0) is 15.2. The molecule has 1 aromatic rings. The normalized spacial score (nSPS) is 15.5. The molecular weight excluding hydrogens is 343 g/mol. The van der Waals surface area contributed by atoms with Gasteiger partial charge < -0.3 is 10.2 Å². The van der Waals surface area contributed by atoms with Gasteiger partial charge in [-0.15, -0.1) is 12.4 Å². The number of hydrogen-bond acceptors (Lipinski definition) is 2. The molecule has 1 saturated heterocycles. The standard InChI is InChI=1S/C16H22Cl2N2O.ClH/c1-19-7-4-12-5-8-20(9-6-12)16(21)11-13-2-3-14(17)15(18)10-13;/h2-3,10,12,19H,4-9,11H2,1H3;1H. The van der Waals surface area contributed by atoms with Crippen molar-refractivity contribution in [2.45, 2.75) is 25.7 Å². The molecule has 0 saturated carbocycles. The fourth-order valence-corrected chi connectivity index (χ4v) is 3.08. The predicted octanol–water partition coefficient (Wildman–Crippen LogP) is 3.81. The number of amides is 1. The number of rotatable bonds is 5. The van der Waals surface area contributed by atoms with E-state index in [1.807, 2.05) is 18.0 Å². The topological polar surface area (TPSA) is 32.3 Å². The van der Waals surface area contributed by atoms with E-state index in [2.05, 4.69) is 5.32 Å². The monoisotopic (exact) mass is 364 g/mol. The van der Waals surface area contributed by atoms with Gasteiger partial charge in [0, 0.05) is 13.1 Å². The highest BCUT2D eigenvalue weighted by molar-refractivity contribution is 6.42. The first-order chi connectivity index (χ1) is 10.1. The van der Waals surface area contributed by atoms with Crippen LogP contribution in [-0.4, -0.2) is 37.5 Å². The van der Waals surface area contributed by atoms with Gasteiger partial charge in [-0.3, -0.25) is 4.79 Å². The smallest absolute Gasteiger partial charge is 0.226 e. The summed E-state index contributed by atoms with van der Waals surface area (Å²) in [6, 6.07) is 5.39. The number of carbonyl (C=O) groups is 1. The molecule has 1 aliphatic heterocycles. The van der Waals surface area contributed by atoms with Crippen LogP contribution in [0.1, 0.15) is 24.8 Å². The van der Waals surface area contributed by atoms with E-state index < -0.39 is 0 Å². The van der Waals surface area contributed by atoms with Gasteiger partial charge in [-0.05, 0) is 56.5 Å². The summed E-state index contributed by atoms with van der Waals surface area (Å²) < 4.78 is 0. The molecule has 0 bridgehead atoms. The summed E-state index contributed by atoms with van der Waals surface area (Å²) in [7, 11) is 1.98. The Morgan fingerprint density at radius 2 is 1.95 bits per heavy atom. The van der Waals surface area contributed by atoms with Gasteiger partial charge in [0.05, 0.1) is 16.5 Å². The van der Waals surface area contributed by atoms with Gasteiger partial charge >= 0.3 is 0 Å². The molecule has 1 N–H and O–H groups in total. The zero-order valence-electron chi connectivity index (χ0n) is 12.8. The van der Waals surface area contributed by atoms with E-state index in [1.54, 1.807) is 12.1 Å². The van der Waals surface area contributed by atoms with Crippen LogP contribution in [0.4, 0.5) is 0 Å². The van der Waals surface area contributed by atoms with Gasteiger partial charge in [-0.2, -0.15) is 0 Å². The third-order valence-electron chi connectivity index (χ3n) is 4.11. The molecule has 1 amide bonds. The molecule has 1 heterocycles. The summed E-state index contributed by atoms with van der Waals surface area (Å²) in [5.74, 6) is 0.923. The van der Waals surface area contributed by atoms with E-state index in [-0.39, 0.29) is 18.3 Å². The molecule has 1 aromatic carbocycles. The van der Waals surface area contributed by atoms with Crippen molar-refractivity contribution >= 4 is 41.5 Å². The van der Waals surface area contributed by atoms with Crippen LogP contribution in [0.2, 0.25) is 10.0 Å². The number of nitrogens with one attached hydrogen (secondary N) is 1. The lowest BCUT2D eigenvalue weighted by Gasteiger charge is -2.32. The third-order valence-corrected chi connectivity index (χ3v) is 4.85. The highest BCUT2D eigenvalue weighted by Gasteiger charge is 2.22. The number of nitrogens with zero attached hydrogens (tertiary/aromatic N) is 1. The summed E-state index contributed by atoms with van der Waals surface area (Å²) in [5, 5.41) is 4.22. The Kier molecular flexibility index (Phi) is 8.55. The van der Waals surface area contributed by atoms with E-state index in [4.69, 9.17) is 23.2 Å². The summed E-state index contributed by atoms with van der Waals surface area (Å²) in [6.45, 7) is 2.80. The summed E-state index contributed by atoms with van der Waals surface area (Å²) in [5.41, 5.74) is 0.923. The molecule has 1 aliphatic rings. The molecule has 6 heteroatoms. The minimum atomic E-state index is 0. The molecule has 0 aromatic heterocycles. The predicted molar refractivity (Wildman–Crippen MR) is 95.3 cm³/mol. The SMILES string of the molecule is CNCCC1CCN(C(=O)Cc2ccc(Cl)c(Cl)c2)CC1.Cl. The first kappa shape index (κ1) is 19.6. The summed E-state index contributed by atoms with van der Waals surface area (Å²) in [4.78, 5) is 14.3. The quantitative estimate of drug-likeness (QED) is 0.860. The molecular formula is C16H23Cl3N2O. The molecule has 0 radical (unpaired) electrons. The highest BCUT2D eigenvalue weighted by Crippen LogP contribution is 2.24. The number of benzene rings is 1. The largest absolute Gasteiger partial charge is 0.342 e. The minimum Gasteiger partial charge on any atom is -0.342 e. The first-order valence-electron chi connectivity index (χ1n) is 7.46. The van der Waals surface area contributed by atoms with E-state index in [0.29, 0.717) is 16.5 Å². The number of carbonyl (C=O) groups excluding carboxylic acids is 1. The lowest BCUT2D eigenvalue weighted by molar-refractivity contribution is -0.131. The van der Waals surface area contributed by atoms with Crippen molar-refractivity contribution in [1.82, 2.24) is 10.2 Å². The van der Waals surface area contributed by atoms with Gasteiger partial charge in [0.1, 0.15) is 0 Å². The van der Waals surface area contributed by atoms with Gasteiger partial charge in [-0.25, -0.2) is 0 Å².